The summed E-state index contributed by atoms with van der Waals surface area (Å²) in [7, 11) is 1.38. The highest BCUT2D eigenvalue weighted by atomic mass is 16.5. The van der Waals surface area contributed by atoms with Gasteiger partial charge in [-0.2, -0.15) is 0 Å². The predicted octanol–water partition coefficient (Wildman–Crippen LogP) is 0.507. The van der Waals surface area contributed by atoms with Crippen molar-refractivity contribution in [1.29, 1.82) is 0 Å². The van der Waals surface area contributed by atoms with Crippen LogP contribution in [-0.2, 0) is 19.1 Å². The van der Waals surface area contributed by atoms with Gasteiger partial charge < -0.3 is 14.4 Å². The number of amides is 1. The van der Waals surface area contributed by atoms with Gasteiger partial charge in [-0.05, 0) is 20.4 Å². The molecule has 0 N–H and O–H groups in total. The van der Waals surface area contributed by atoms with Gasteiger partial charge >= 0.3 is 5.97 Å². The molecule has 116 valence electrons. The SMILES string of the molecule is CCN(CCC(=O)OC)CC(=O)N1CC(C)OC(C)C1. The van der Waals surface area contributed by atoms with E-state index >= 15 is 0 Å². The molecule has 0 aromatic rings. The largest absolute Gasteiger partial charge is 0.469 e. The highest BCUT2D eigenvalue weighted by molar-refractivity contribution is 5.78. The normalized spacial score (nSPS) is 22.9. The maximum Gasteiger partial charge on any atom is 0.306 e. The van der Waals surface area contributed by atoms with E-state index in [-0.39, 0.29) is 24.1 Å². The highest BCUT2D eigenvalue weighted by Gasteiger charge is 2.26. The van der Waals surface area contributed by atoms with Gasteiger partial charge in [0.25, 0.3) is 0 Å². The molecule has 0 aliphatic carbocycles. The van der Waals surface area contributed by atoms with Crippen LogP contribution in [-0.4, -0.2) is 73.7 Å². The van der Waals surface area contributed by atoms with Crippen molar-refractivity contribution < 1.29 is 19.1 Å². The van der Waals surface area contributed by atoms with Gasteiger partial charge in [0.05, 0.1) is 32.3 Å². The minimum atomic E-state index is -0.246. The predicted molar refractivity (Wildman–Crippen MR) is 75.3 cm³/mol. The van der Waals surface area contributed by atoms with Crippen molar-refractivity contribution in [2.45, 2.75) is 39.4 Å². The average molecular weight is 286 g/mol. The Morgan fingerprint density at radius 1 is 1.30 bits per heavy atom. The summed E-state index contributed by atoms with van der Waals surface area (Å²) in [6, 6.07) is 0. The van der Waals surface area contributed by atoms with Crippen molar-refractivity contribution in [2.75, 3.05) is 39.8 Å². The lowest BCUT2D eigenvalue weighted by atomic mass is 10.2. The molecule has 0 bridgehead atoms. The molecule has 0 aromatic heterocycles. The number of nitrogens with zero attached hydrogens (tertiary/aromatic N) is 2. The summed E-state index contributed by atoms with van der Waals surface area (Å²) < 4.78 is 10.2. The zero-order valence-electron chi connectivity index (χ0n) is 12.9. The summed E-state index contributed by atoms with van der Waals surface area (Å²) >= 11 is 0. The fourth-order valence-electron chi connectivity index (χ4n) is 2.37. The first-order valence-electron chi connectivity index (χ1n) is 7.18. The second-order valence-corrected chi connectivity index (χ2v) is 5.25. The molecule has 1 rings (SSSR count). The molecule has 1 heterocycles. The van der Waals surface area contributed by atoms with Gasteiger partial charge in [0.2, 0.25) is 5.91 Å². The Morgan fingerprint density at radius 2 is 1.90 bits per heavy atom. The minimum absolute atomic E-state index is 0.0767. The van der Waals surface area contributed by atoms with Crippen molar-refractivity contribution in [3.05, 3.63) is 0 Å². The first-order valence-corrected chi connectivity index (χ1v) is 7.18. The average Bonchev–Trinajstić information content (AvgIpc) is 2.41. The summed E-state index contributed by atoms with van der Waals surface area (Å²) in [6.45, 7) is 8.83. The number of rotatable bonds is 6. The Kier molecular flexibility index (Phi) is 6.95. The molecular weight excluding hydrogens is 260 g/mol. The van der Waals surface area contributed by atoms with Crippen molar-refractivity contribution in [1.82, 2.24) is 9.80 Å². The van der Waals surface area contributed by atoms with E-state index in [2.05, 4.69) is 4.74 Å². The number of ether oxygens (including phenoxy) is 2. The molecular formula is C14H26N2O4. The van der Waals surface area contributed by atoms with Crippen LogP contribution < -0.4 is 0 Å². The minimum Gasteiger partial charge on any atom is -0.469 e. The van der Waals surface area contributed by atoms with Crippen LogP contribution in [0.3, 0.4) is 0 Å². The van der Waals surface area contributed by atoms with E-state index < -0.39 is 0 Å². The molecule has 0 aromatic carbocycles. The molecule has 1 aliphatic heterocycles. The Bertz CT molecular complexity index is 325. The number of likely N-dealkylation sites (N-methyl/N-ethyl adjacent to an activating group) is 1. The van der Waals surface area contributed by atoms with Crippen molar-refractivity contribution in [3.8, 4) is 0 Å². The fraction of sp³-hybridized carbons (Fsp3) is 0.857. The second-order valence-electron chi connectivity index (χ2n) is 5.25. The zero-order chi connectivity index (χ0) is 15.1. The molecule has 1 fully saturated rings. The monoisotopic (exact) mass is 286 g/mol. The van der Waals surface area contributed by atoms with Gasteiger partial charge in [-0.3, -0.25) is 14.5 Å². The third kappa shape index (κ3) is 5.46. The Morgan fingerprint density at radius 3 is 2.40 bits per heavy atom. The molecule has 0 radical (unpaired) electrons. The molecule has 2 atom stereocenters. The molecule has 1 aliphatic rings. The highest BCUT2D eigenvalue weighted by Crippen LogP contribution is 2.11. The molecule has 20 heavy (non-hydrogen) atoms. The van der Waals surface area contributed by atoms with Crippen molar-refractivity contribution in [3.63, 3.8) is 0 Å². The van der Waals surface area contributed by atoms with Crippen molar-refractivity contribution in [2.24, 2.45) is 0 Å². The van der Waals surface area contributed by atoms with Crippen LogP contribution in [0.4, 0.5) is 0 Å². The number of methoxy groups -OCH3 is 1. The van der Waals surface area contributed by atoms with Crippen LogP contribution >= 0.6 is 0 Å². The van der Waals surface area contributed by atoms with E-state index in [4.69, 9.17) is 4.74 Å². The summed E-state index contributed by atoms with van der Waals surface area (Å²) in [4.78, 5) is 27.2. The summed E-state index contributed by atoms with van der Waals surface area (Å²) in [5, 5.41) is 0. The van der Waals surface area contributed by atoms with Gasteiger partial charge in [-0.15, -0.1) is 0 Å². The molecule has 2 unspecified atom stereocenters. The van der Waals surface area contributed by atoms with Crippen LogP contribution in [0, 0.1) is 0 Å². The van der Waals surface area contributed by atoms with E-state index in [0.717, 1.165) is 6.54 Å². The second kappa shape index (κ2) is 8.21. The molecule has 0 spiro atoms. The lowest BCUT2D eigenvalue weighted by Gasteiger charge is -2.36. The topological polar surface area (TPSA) is 59.1 Å². The quantitative estimate of drug-likeness (QED) is 0.666. The van der Waals surface area contributed by atoms with Gasteiger partial charge in [-0.1, -0.05) is 6.92 Å². The third-order valence-electron chi connectivity index (χ3n) is 3.44. The standard InChI is InChI=1S/C14H26N2O4/c1-5-15(7-6-14(18)19-4)10-13(17)16-8-11(2)20-12(3)9-16/h11-12H,5-10H2,1-4H3. The van der Waals surface area contributed by atoms with Gasteiger partial charge in [0.1, 0.15) is 0 Å². The fourth-order valence-corrected chi connectivity index (χ4v) is 2.37. The molecule has 6 nitrogen and oxygen atoms in total. The number of carbonyl (C=O) groups is 2. The third-order valence-corrected chi connectivity index (χ3v) is 3.44. The van der Waals surface area contributed by atoms with Gasteiger partial charge in [0.15, 0.2) is 0 Å². The maximum atomic E-state index is 12.3. The number of hydrogen-bond acceptors (Lipinski definition) is 5. The van der Waals surface area contributed by atoms with Gasteiger partial charge in [-0.25, -0.2) is 0 Å². The molecule has 6 heteroatoms. The van der Waals surface area contributed by atoms with E-state index in [1.165, 1.54) is 7.11 Å². The summed E-state index contributed by atoms with van der Waals surface area (Å²) in [5.74, 6) is -0.150. The van der Waals surface area contributed by atoms with E-state index in [0.29, 0.717) is 32.6 Å². The van der Waals surface area contributed by atoms with Crippen LogP contribution in [0.25, 0.3) is 0 Å². The Hall–Kier alpha value is -1.14. The Labute approximate surface area is 121 Å². The molecule has 0 saturated carbocycles. The molecule has 1 saturated heterocycles. The van der Waals surface area contributed by atoms with Gasteiger partial charge in [0, 0.05) is 19.6 Å². The zero-order valence-corrected chi connectivity index (χ0v) is 12.9. The van der Waals surface area contributed by atoms with Crippen LogP contribution in [0.2, 0.25) is 0 Å². The van der Waals surface area contributed by atoms with E-state index in [1.54, 1.807) is 0 Å². The summed E-state index contributed by atoms with van der Waals surface area (Å²) in [6.07, 6.45) is 0.466. The van der Waals surface area contributed by atoms with Crippen LogP contribution in [0.15, 0.2) is 0 Å². The maximum absolute atomic E-state index is 12.3. The molecule has 1 amide bonds. The first kappa shape index (κ1) is 16.9. The first-order chi connectivity index (χ1) is 9.46. The van der Waals surface area contributed by atoms with Crippen LogP contribution in [0.1, 0.15) is 27.2 Å². The van der Waals surface area contributed by atoms with E-state index in [1.807, 2.05) is 30.6 Å². The Balaban J connectivity index is 2.43. The number of esters is 1. The van der Waals surface area contributed by atoms with E-state index in [9.17, 15) is 9.59 Å². The number of carbonyl (C=O) groups excluding carboxylic acids is 2. The lowest BCUT2D eigenvalue weighted by Crippen LogP contribution is -2.51. The van der Waals surface area contributed by atoms with Crippen molar-refractivity contribution >= 4 is 11.9 Å². The number of morpholine rings is 1. The lowest BCUT2D eigenvalue weighted by molar-refractivity contribution is -0.145. The summed E-state index contributed by atoms with van der Waals surface area (Å²) in [5.41, 5.74) is 0. The van der Waals surface area contributed by atoms with Crippen LogP contribution in [0.5, 0.6) is 0 Å². The number of hydrogen-bond donors (Lipinski definition) is 0. The smallest absolute Gasteiger partial charge is 0.306 e.